The van der Waals surface area contributed by atoms with Crippen molar-refractivity contribution < 1.29 is 4.79 Å². The number of amides is 1. The number of aromatic nitrogens is 3. The normalized spacial score (nSPS) is 11.0. The Morgan fingerprint density at radius 3 is 2.89 bits per heavy atom. The molecule has 1 amide bonds. The maximum atomic E-state index is 11.9. The Labute approximate surface area is 104 Å². The third kappa shape index (κ3) is 1.52. The zero-order chi connectivity index (χ0) is 12.7. The number of hydrogen-bond acceptors (Lipinski definition) is 3. The van der Waals surface area contributed by atoms with Gasteiger partial charge in [0.1, 0.15) is 0 Å². The van der Waals surface area contributed by atoms with Gasteiger partial charge < -0.3 is 4.90 Å². The summed E-state index contributed by atoms with van der Waals surface area (Å²) in [6.07, 6.45) is 5.31. The quantitative estimate of drug-likeness (QED) is 0.649. The Hall–Kier alpha value is -2.43. The molecule has 0 unspecified atom stereocenters. The van der Waals surface area contributed by atoms with E-state index in [0.717, 1.165) is 16.7 Å². The molecular formula is C13H12N4O. The summed E-state index contributed by atoms with van der Waals surface area (Å²) in [4.78, 5) is 21.9. The summed E-state index contributed by atoms with van der Waals surface area (Å²) in [5.74, 6) is -0.0237. The summed E-state index contributed by atoms with van der Waals surface area (Å²) in [5.41, 5.74) is 3.17. The average molecular weight is 240 g/mol. The van der Waals surface area contributed by atoms with E-state index in [4.69, 9.17) is 0 Å². The summed E-state index contributed by atoms with van der Waals surface area (Å²) in [6.45, 7) is 0. The molecule has 1 aromatic carbocycles. The minimum atomic E-state index is -0.0237. The van der Waals surface area contributed by atoms with Crippen molar-refractivity contribution in [2.45, 2.75) is 0 Å². The van der Waals surface area contributed by atoms with Crippen LogP contribution in [0.5, 0.6) is 0 Å². The highest BCUT2D eigenvalue weighted by Gasteiger charge is 2.10. The summed E-state index contributed by atoms with van der Waals surface area (Å²) in [6, 6.07) is 5.51. The lowest BCUT2D eigenvalue weighted by Gasteiger charge is -2.10. The highest BCUT2D eigenvalue weighted by atomic mass is 16.2. The Balaban J connectivity index is 2.24. The van der Waals surface area contributed by atoms with Crippen molar-refractivity contribution >= 4 is 22.6 Å². The van der Waals surface area contributed by atoms with Gasteiger partial charge in [-0.2, -0.15) is 0 Å². The molecule has 3 rings (SSSR count). The van der Waals surface area contributed by atoms with Crippen molar-refractivity contribution in [2.75, 3.05) is 14.1 Å². The fourth-order valence-corrected chi connectivity index (χ4v) is 1.96. The number of nitrogens with zero attached hydrogens (tertiary/aromatic N) is 4. The number of carbonyl (C=O) groups is 1. The molecule has 90 valence electrons. The van der Waals surface area contributed by atoms with Gasteiger partial charge in [-0.1, -0.05) is 0 Å². The molecule has 2 heterocycles. The molecule has 0 atom stereocenters. The van der Waals surface area contributed by atoms with Crippen molar-refractivity contribution in [3.05, 3.63) is 42.4 Å². The summed E-state index contributed by atoms with van der Waals surface area (Å²) in [5, 5.41) is 0. The maximum absolute atomic E-state index is 11.9. The topological polar surface area (TPSA) is 50.5 Å². The molecule has 0 aliphatic rings. The molecule has 0 radical (unpaired) electrons. The van der Waals surface area contributed by atoms with E-state index >= 15 is 0 Å². The Kier molecular flexibility index (Phi) is 2.26. The van der Waals surface area contributed by atoms with Crippen molar-refractivity contribution in [2.24, 2.45) is 0 Å². The van der Waals surface area contributed by atoms with E-state index in [2.05, 4.69) is 9.97 Å². The van der Waals surface area contributed by atoms with Gasteiger partial charge in [0.15, 0.2) is 5.65 Å². The first-order valence-electron chi connectivity index (χ1n) is 5.60. The van der Waals surface area contributed by atoms with Gasteiger partial charge in [-0.05, 0) is 18.2 Å². The molecule has 0 N–H and O–H groups in total. The summed E-state index contributed by atoms with van der Waals surface area (Å²) in [7, 11) is 3.47. The first kappa shape index (κ1) is 10.7. The number of carbonyl (C=O) groups excluding carboxylic acids is 1. The first-order chi connectivity index (χ1) is 8.66. The molecule has 0 aliphatic heterocycles. The minimum absolute atomic E-state index is 0.0237. The fourth-order valence-electron chi connectivity index (χ4n) is 1.96. The van der Waals surface area contributed by atoms with Gasteiger partial charge >= 0.3 is 0 Å². The lowest BCUT2D eigenvalue weighted by Crippen LogP contribution is -2.21. The van der Waals surface area contributed by atoms with E-state index in [1.807, 2.05) is 22.7 Å². The number of imidazole rings is 1. The van der Waals surface area contributed by atoms with Gasteiger partial charge in [-0.3, -0.25) is 14.2 Å². The first-order valence-corrected chi connectivity index (χ1v) is 5.60. The van der Waals surface area contributed by atoms with E-state index in [0.29, 0.717) is 5.56 Å². The van der Waals surface area contributed by atoms with Gasteiger partial charge in [0.05, 0.1) is 17.2 Å². The molecule has 5 nitrogen and oxygen atoms in total. The maximum Gasteiger partial charge on any atom is 0.253 e. The lowest BCUT2D eigenvalue weighted by molar-refractivity contribution is 0.0828. The van der Waals surface area contributed by atoms with E-state index < -0.39 is 0 Å². The van der Waals surface area contributed by atoms with Crippen LogP contribution in [0.15, 0.2) is 36.8 Å². The molecule has 18 heavy (non-hydrogen) atoms. The molecular weight excluding hydrogens is 228 g/mol. The summed E-state index contributed by atoms with van der Waals surface area (Å²) < 4.78 is 1.95. The van der Waals surface area contributed by atoms with Crippen LogP contribution in [0.25, 0.3) is 16.7 Å². The standard InChI is InChI=1S/C13H12N4O/c1-16(2)13(18)9-3-4-11-10(7-9)15-8-12-14-5-6-17(11)12/h3-8H,1-2H3. The monoisotopic (exact) mass is 240 g/mol. The van der Waals surface area contributed by atoms with E-state index in [9.17, 15) is 4.79 Å². The van der Waals surface area contributed by atoms with Crippen LogP contribution in [-0.4, -0.2) is 39.3 Å². The predicted molar refractivity (Wildman–Crippen MR) is 68.5 cm³/mol. The molecule has 0 saturated heterocycles. The van der Waals surface area contributed by atoms with Crippen LogP contribution in [0.2, 0.25) is 0 Å². The molecule has 3 aromatic rings. The molecule has 0 bridgehead atoms. The third-order valence-electron chi connectivity index (χ3n) is 2.88. The number of hydrogen-bond donors (Lipinski definition) is 0. The van der Waals surface area contributed by atoms with E-state index in [-0.39, 0.29) is 5.91 Å². The number of fused-ring (bicyclic) bond motifs is 3. The second-order valence-corrected chi connectivity index (χ2v) is 4.32. The van der Waals surface area contributed by atoms with Gasteiger partial charge in [0.2, 0.25) is 0 Å². The van der Waals surface area contributed by atoms with Gasteiger partial charge in [-0.25, -0.2) is 4.98 Å². The molecule has 0 aliphatic carbocycles. The predicted octanol–water partition coefficient (Wildman–Crippen LogP) is 1.58. The van der Waals surface area contributed by atoms with Crippen molar-refractivity contribution in [1.82, 2.24) is 19.3 Å². The number of benzene rings is 1. The second kappa shape index (κ2) is 3.80. The molecule has 5 heteroatoms. The minimum Gasteiger partial charge on any atom is -0.345 e. The Morgan fingerprint density at radius 1 is 1.28 bits per heavy atom. The average Bonchev–Trinajstić information content (AvgIpc) is 2.85. The Bertz CT molecular complexity index is 745. The highest BCUT2D eigenvalue weighted by Crippen LogP contribution is 2.16. The zero-order valence-electron chi connectivity index (χ0n) is 10.2. The Morgan fingerprint density at radius 2 is 2.11 bits per heavy atom. The van der Waals surface area contributed by atoms with E-state index in [1.54, 1.807) is 37.5 Å². The lowest BCUT2D eigenvalue weighted by atomic mass is 10.1. The molecule has 0 spiro atoms. The van der Waals surface area contributed by atoms with Gasteiger partial charge in [-0.15, -0.1) is 0 Å². The smallest absolute Gasteiger partial charge is 0.253 e. The van der Waals surface area contributed by atoms with Crippen LogP contribution in [0.4, 0.5) is 0 Å². The van der Waals surface area contributed by atoms with Crippen molar-refractivity contribution in [1.29, 1.82) is 0 Å². The van der Waals surface area contributed by atoms with Crippen LogP contribution >= 0.6 is 0 Å². The van der Waals surface area contributed by atoms with Crippen molar-refractivity contribution in [3.63, 3.8) is 0 Å². The third-order valence-corrected chi connectivity index (χ3v) is 2.88. The van der Waals surface area contributed by atoms with Gasteiger partial charge in [0.25, 0.3) is 5.91 Å². The largest absolute Gasteiger partial charge is 0.345 e. The van der Waals surface area contributed by atoms with Crippen LogP contribution in [0.3, 0.4) is 0 Å². The van der Waals surface area contributed by atoms with Crippen LogP contribution in [0.1, 0.15) is 10.4 Å². The highest BCUT2D eigenvalue weighted by molar-refractivity contribution is 5.97. The number of rotatable bonds is 1. The second-order valence-electron chi connectivity index (χ2n) is 4.32. The molecule has 0 saturated carbocycles. The molecule has 0 fully saturated rings. The van der Waals surface area contributed by atoms with Crippen LogP contribution in [0, 0.1) is 0 Å². The van der Waals surface area contributed by atoms with Gasteiger partial charge in [0, 0.05) is 32.1 Å². The van der Waals surface area contributed by atoms with E-state index in [1.165, 1.54) is 0 Å². The zero-order valence-corrected chi connectivity index (χ0v) is 10.2. The fraction of sp³-hybridized carbons (Fsp3) is 0.154. The van der Waals surface area contributed by atoms with Crippen LogP contribution < -0.4 is 0 Å². The van der Waals surface area contributed by atoms with Crippen molar-refractivity contribution in [3.8, 4) is 0 Å². The van der Waals surface area contributed by atoms with Crippen LogP contribution in [-0.2, 0) is 0 Å². The SMILES string of the molecule is CN(C)C(=O)c1ccc2c(c1)ncc1nccn12. The molecule has 2 aromatic heterocycles. The summed E-state index contributed by atoms with van der Waals surface area (Å²) >= 11 is 0.